The van der Waals surface area contributed by atoms with E-state index in [1.54, 1.807) is 12.3 Å². The lowest BCUT2D eigenvalue weighted by atomic mass is 10.2. The molecule has 0 aliphatic rings. The van der Waals surface area contributed by atoms with Gasteiger partial charge in [0.05, 0.1) is 29.7 Å². The van der Waals surface area contributed by atoms with Crippen molar-refractivity contribution in [3.63, 3.8) is 0 Å². The van der Waals surface area contributed by atoms with Gasteiger partial charge in [0.15, 0.2) is 0 Å². The second kappa shape index (κ2) is 4.94. The van der Waals surface area contributed by atoms with E-state index in [0.29, 0.717) is 23.6 Å². The highest BCUT2D eigenvalue weighted by molar-refractivity contribution is 5.57. The molecule has 0 saturated carbocycles. The van der Waals surface area contributed by atoms with Crippen LogP contribution in [0, 0.1) is 11.3 Å². The molecule has 0 unspecified atom stereocenters. The summed E-state index contributed by atoms with van der Waals surface area (Å²) in [5.74, 6) is 0.521. The number of nitrogens with two attached hydrogens (primary N) is 1. The van der Waals surface area contributed by atoms with Crippen LogP contribution in [0.15, 0.2) is 36.7 Å². The maximum Gasteiger partial charge on any atom is 0.144 e. The first-order valence-electron chi connectivity index (χ1n) is 5.09. The van der Waals surface area contributed by atoms with Crippen molar-refractivity contribution in [3.8, 4) is 6.07 Å². The molecule has 3 N–H and O–H groups in total. The largest absolute Gasteiger partial charge is 0.397 e. The van der Waals surface area contributed by atoms with Crippen molar-refractivity contribution in [3.05, 3.63) is 47.9 Å². The maximum absolute atomic E-state index is 8.94. The van der Waals surface area contributed by atoms with Crippen molar-refractivity contribution >= 4 is 11.5 Å². The second-order valence-electron chi connectivity index (χ2n) is 3.45. The third-order valence-corrected chi connectivity index (χ3v) is 2.19. The van der Waals surface area contributed by atoms with Crippen molar-refractivity contribution in [2.24, 2.45) is 0 Å². The van der Waals surface area contributed by atoms with E-state index in [4.69, 9.17) is 11.0 Å². The average Bonchev–Trinajstić information content (AvgIpc) is 2.38. The minimum Gasteiger partial charge on any atom is -0.397 e. The molecule has 2 rings (SSSR count). The first-order valence-corrected chi connectivity index (χ1v) is 5.09. The smallest absolute Gasteiger partial charge is 0.144 e. The van der Waals surface area contributed by atoms with Crippen molar-refractivity contribution in [1.29, 1.82) is 5.26 Å². The number of aromatic nitrogens is 2. The van der Waals surface area contributed by atoms with E-state index < -0.39 is 0 Å². The van der Waals surface area contributed by atoms with Gasteiger partial charge in [0, 0.05) is 6.20 Å². The zero-order valence-electron chi connectivity index (χ0n) is 9.09. The van der Waals surface area contributed by atoms with E-state index in [0.717, 1.165) is 5.69 Å². The van der Waals surface area contributed by atoms with Gasteiger partial charge in [-0.2, -0.15) is 5.26 Å². The van der Waals surface area contributed by atoms with Crippen molar-refractivity contribution in [2.75, 3.05) is 11.1 Å². The number of nitriles is 1. The minimum absolute atomic E-state index is 0.431. The average molecular weight is 225 g/mol. The Morgan fingerprint density at radius 2 is 2.24 bits per heavy atom. The van der Waals surface area contributed by atoms with E-state index >= 15 is 0 Å². The molecular formula is C12H11N5. The summed E-state index contributed by atoms with van der Waals surface area (Å²) in [6.45, 7) is 0.520. The number of nitrogens with one attached hydrogen (secondary N) is 1. The van der Waals surface area contributed by atoms with Crippen LogP contribution in [-0.4, -0.2) is 9.97 Å². The van der Waals surface area contributed by atoms with Crippen LogP contribution in [0.1, 0.15) is 11.3 Å². The van der Waals surface area contributed by atoms with Crippen LogP contribution in [0.2, 0.25) is 0 Å². The summed E-state index contributed by atoms with van der Waals surface area (Å²) in [6, 6.07) is 9.30. The molecule has 0 fully saturated rings. The number of rotatable bonds is 3. The summed E-state index contributed by atoms with van der Waals surface area (Å²) in [5.41, 5.74) is 7.35. The van der Waals surface area contributed by atoms with Crippen molar-refractivity contribution in [2.45, 2.75) is 6.54 Å². The molecule has 5 heteroatoms. The zero-order valence-corrected chi connectivity index (χ0v) is 9.09. The molecule has 84 valence electrons. The lowest BCUT2D eigenvalue weighted by Gasteiger charge is -2.06. The van der Waals surface area contributed by atoms with Gasteiger partial charge in [-0.15, -0.1) is 0 Å². The Hall–Kier alpha value is -2.61. The quantitative estimate of drug-likeness (QED) is 0.827. The van der Waals surface area contributed by atoms with E-state index in [1.807, 2.05) is 24.3 Å². The van der Waals surface area contributed by atoms with E-state index in [-0.39, 0.29) is 0 Å². The first-order chi connectivity index (χ1) is 8.29. The van der Waals surface area contributed by atoms with Crippen LogP contribution in [0.5, 0.6) is 0 Å². The molecule has 0 bridgehead atoms. The predicted octanol–water partition coefficient (Wildman–Crippen LogP) is 1.54. The van der Waals surface area contributed by atoms with Crippen LogP contribution in [0.3, 0.4) is 0 Å². The standard InChI is InChI=1S/C12H11N5/c13-6-9-5-10(14)7-16-12(9)17-8-11-3-1-2-4-15-11/h1-5,7H,8,14H2,(H,16,17). The maximum atomic E-state index is 8.94. The second-order valence-corrected chi connectivity index (χ2v) is 3.45. The molecule has 0 radical (unpaired) electrons. The predicted molar refractivity (Wildman–Crippen MR) is 64.9 cm³/mol. The topological polar surface area (TPSA) is 87.6 Å². The molecule has 0 aliphatic carbocycles. The van der Waals surface area contributed by atoms with Crippen molar-refractivity contribution < 1.29 is 0 Å². The highest BCUT2D eigenvalue weighted by Gasteiger charge is 2.03. The SMILES string of the molecule is N#Cc1cc(N)cnc1NCc1ccccn1. The molecule has 0 saturated heterocycles. The lowest BCUT2D eigenvalue weighted by molar-refractivity contribution is 1.03. The molecule has 0 spiro atoms. The molecule has 2 heterocycles. The van der Waals surface area contributed by atoms with Gasteiger partial charge >= 0.3 is 0 Å². The van der Waals surface area contributed by atoms with Crippen molar-refractivity contribution in [1.82, 2.24) is 9.97 Å². The number of nitrogens with zero attached hydrogens (tertiary/aromatic N) is 3. The highest BCUT2D eigenvalue weighted by atomic mass is 15.0. The van der Waals surface area contributed by atoms with Crippen LogP contribution in [0.25, 0.3) is 0 Å². The van der Waals surface area contributed by atoms with Gasteiger partial charge in [-0.1, -0.05) is 6.07 Å². The molecule has 5 nitrogen and oxygen atoms in total. The highest BCUT2D eigenvalue weighted by Crippen LogP contribution is 2.14. The summed E-state index contributed by atoms with van der Waals surface area (Å²) in [5, 5.41) is 12.0. The fourth-order valence-corrected chi connectivity index (χ4v) is 1.38. The Labute approximate surface area is 98.9 Å². The number of nitrogen functional groups attached to an aromatic ring is 1. The Kier molecular flexibility index (Phi) is 3.17. The molecule has 17 heavy (non-hydrogen) atoms. The molecule has 2 aromatic heterocycles. The van der Waals surface area contributed by atoms with E-state index in [1.165, 1.54) is 6.20 Å². The van der Waals surface area contributed by atoms with Crippen LogP contribution < -0.4 is 11.1 Å². The Morgan fingerprint density at radius 3 is 2.94 bits per heavy atom. The van der Waals surface area contributed by atoms with Gasteiger partial charge in [0.25, 0.3) is 0 Å². The van der Waals surface area contributed by atoms with Gasteiger partial charge in [0.2, 0.25) is 0 Å². The molecule has 0 atom stereocenters. The number of hydrogen-bond acceptors (Lipinski definition) is 5. The van der Waals surface area contributed by atoms with E-state index in [2.05, 4.69) is 15.3 Å². The minimum atomic E-state index is 0.431. The van der Waals surface area contributed by atoms with Gasteiger partial charge in [0.1, 0.15) is 11.9 Å². The Morgan fingerprint density at radius 1 is 1.35 bits per heavy atom. The molecule has 0 aliphatic heterocycles. The Balaban J connectivity index is 2.12. The molecular weight excluding hydrogens is 214 g/mol. The number of anilines is 2. The monoisotopic (exact) mass is 225 g/mol. The lowest BCUT2D eigenvalue weighted by Crippen LogP contribution is -2.05. The summed E-state index contributed by atoms with van der Waals surface area (Å²) in [6.07, 6.45) is 3.24. The third-order valence-electron chi connectivity index (χ3n) is 2.19. The third kappa shape index (κ3) is 2.69. The first kappa shape index (κ1) is 10.9. The van der Waals surface area contributed by atoms with Gasteiger partial charge in [-0.25, -0.2) is 4.98 Å². The van der Waals surface area contributed by atoms with Crippen LogP contribution >= 0.6 is 0 Å². The number of hydrogen-bond donors (Lipinski definition) is 2. The van der Waals surface area contributed by atoms with Gasteiger partial charge < -0.3 is 11.1 Å². The summed E-state index contributed by atoms with van der Waals surface area (Å²) >= 11 is 0. The Bertz CT molecular complexity index is 545. The van der Waals surface area contributed by atoms with Gasteiger partial charge in [-0.05, 0) is 18.2 Å². The fourth-order valence-electron chi connectivity index (χ4n) is 1.38. The van der Waals surface area contributed by atoms with Crippen LogP contribution in [-0.2, 0) is 6.54 Å². The summed E-state index contributed by atoms with van der Waals surface area (Å²) in [7, 11) is 0. The fraction of sp³-hybridized carbons (Fsp3) is 0.0833. The van der Waals surface area contributed by atoms with Gasteiger partial charge in [-0.3, -0.25) is 4.98 Å². The zero-order chi connectivity index (χ0) is 12.1. The summed E-state index contributed by atoms with van der Waals surface area (Å²) < 4.78 is 0. The van der Waals surface area contributed by atoms with Crippen LogP contribution in [0.4, 0.5) is 11.5 Å². The number of pyridine rings is 2. The molecule has 0 aromatic carbocycles. The normalized spacial score (nSPS) is 9.59. The summed E-state index contributed by atoms with van der Waals surface area (Å²) in [4.78, 5) is 8.25. The molecule has 0 amide bonds. The van der Waals surface area contributed by atoms with E-state index in [9.17, 15) is 0 Å². The molecule has 2 aromatic rings.